The number of rotatable bonds is 2. The lowest BCUT2D eigenvalue weighted by atomic mass is 9.96. The largest absolute Gasteiger partial charge is 0.370 e. The van der Waals surface area contributed by atoms with Crippen LogP contribution < -0.4 is 10.6 Å². The van der Waals surface area contributed by atoms with E-state index < -0.39 is 0 Å². The molecular weight excluding hydrogens is 278 g/mol. The average Bonchev–Trinajstić information content (AvgIpc) is 2.64. The van der Waals surface area contributed by atoms with E-state index >= 15 is 0 Å². The SMILES string of the molecule is Cc1c(N2CCN=C2N)ccc(Br)c1C(C)C. The minimum atomic E-state index is 0.491. The Kier molecular flexibility index (Phi) is 3.43. The molecule has 17 heavy (non-hydrogen) atoms. The molecule has 0 aromatic heterocycles. The number of anilines is 1. The highest BCUT2D eigenvalue weighted by molar-refractivity contribution is 9.10. The number of benzene rings is 1. The summed E-state index contributed by atoms with van der Waals surface area (Å²) in [5, 5.41) is 0. The third kappa shape index (κ3) is 2.18. The van der Waals surface area contributed by atoms with Crippen molar-refractivity contribution in [2.24, 2.45) is 10.7 Å². The lowest BCUT2D eigenvalue weighted by Crippen LogP contribution is -2.34. The van der Waals surface area contributed by atoms with Crippen LogP contribution in [0.5, 0.6) is 0 Å². The van der Waals surface area contributed by atoms with Crippen LogP contribution in [0, 0.1) is 6.92 Å². The molecule has 1 aliphatic rings. The molecule has 1 aromatic rings. The van der Waals surface area contributed by atoms with Crippen LogP contribution in [0.15, 0.2) is 21.6 Å². The van der Waals surface area contributed by atoms with Crippen LogP contribution in [-0.4, -0.2) is 19.0 Å². The molecule has 2 N–H and O–H groups in total. The van der Waals surface area contributed by atoms with Crippen LogP contribution in [0.1, 0.15) is 30.9 Å². The van der Waals surface area contributed by atoms with Gasteiger partial charge in [-0.1, -0.05) is 29.8 Å². The molecule has 3 nitrogen and oxygen atoms in total. The highest BCUT2D eigenvalue weighted by Crippen LogP contribution is 2.34. The summed E-state index contributed by atoms with van der Waals surface area (Å²) in [6.07, 6.45) is 0. The zero-order valence-corrected chi connectivity index (χ0v) is 12.1. The molecule has 0 saturated carbocycles. The summed E-state index contributed by atoms with van der Waals surface area (Å²) in [6, 6.07) is 4.21. The van der Waals surface area contributed by atoms with Crippen molar-refractivity contribution in [2.45, 2.75) is 26.7 Å². The normalized spacial score (nSPS) is 15.6. The van der Waals surface area contributed by atoms with Crippen molar-refractivity contribution in [3.8, 4) is 0 Å². The topological polar surface area (TPSA) is 41.6 Å². The monoisotopic (exact) mass is 295 g/mol. The smallest absolute Gasteiger partial charge is 0.195 e. The van der Waals surface area contributed by atoms with Gasteiger partial charge < -0.3 is 10.6 Å². The summed E-state index contributed by atoms with van der Waals surface area (Å²) in [5.41, 5.74) is 9.72. The van der Waals surface area contributed by atoms with Crippen molar-refractivity contribution in [3.63, 3.8) is 0 Å². The number of nitrogens with zero attached hydrogens (tertiary/aromatic N) is 2. The number of hydrogen-bond acceptors (Lipinski definition) is 3. The van der Waals surface area contributed by atoms with Gasteiger partial charge in [0.05, 0.1) is 6.54 Å². The Morgan fingerprint density at radius 2 is 2.12 bits per heavy atom. The van der Waals surface area contributed by atoms with Crippen LogP contribution in [0.4, 0.5) is 5.69 Å². The van der Waals surface area contributed by atoms with Gasteiger partial charge in [0.25, 0.3) is 0 Å². The fraction of sp³-hybridized carbons (Fsp3) is 0.462. The number of halogens is 1. The van der Waals surface area contributed by atoms with E-state index in [4.69, 9.17) is 5.73 Å². The Morgan fingerprint density at radius 3 is 2.65 bits per heavy atom. The predicted octanol–water partition coefficient (Wildman–Crippen LogP) is 3.02. The van der Waals surface area contributed by atoms with Gasteiger partial charge in [0, 0.05) is 16.7 Å². The van der Waals surface area contributed by atoms with Gasteiger partial charge >= 0.3 is 0 Å². The first kappa shape index (κ1) is 12.4. The Hall–Kier alpha value is -1.03. The minimum absolute atomic E-state index is 0.491. The molecule has 0 bridgehead atoms. The van der Waals surface area contributed by atoms with Gasteiger partial charge in [-0.15, -0.1) is 0 Å². The summed E-state index contributed by atoms with van der Waals surface area (Å²) in [7, 11) is 0. The summed E-state index contributed by atoms with van der Waals surface area (Å²) in [5.74, 6) is 1.12. The van der Waals surface area contributed by atoms with Crippen molar-refractivity contribution in [1.29, 1.82) is 0 Å². The van der Waals surface area contributed by atoms with E-state index in [9.17, 15) is 0 Å². The Morgan fingerprint density at radius 1 is 1.41 bits per heavy atom. The van der Waals surface area contributed by atoms with E-state index in [0.29, 0.717) is 11.9 Å². The molecule has 0 amide bonds. The van der Waals surface area contributed by atoms with E-state index in [1.165, 1.54) is 21.3 Å². The lowest BCUT2D eigenvalue weighted by Gasteiger charge is -2.23. The van der Waals surface area contributed by atoms with E-state index in [1.807, 2.05) is 0 Å². The van der Waals surface area contributed by atoms with Crippen LogP contribution in [-0.2, 0) is 0 Å². The fourth-order valence-corrected chi connectivity index (χ4v) is 3.28. The highest BCUT2D eigenvalue weighted by atomic mass is 79.9. The Labute approximate surface area is 111 Å². The first-order valence-corrected chi connectivity index (χ1v) is 6.68. The summed E-state index contributed by atoms with van der Waals surface area (Å²) in [6.45, 7) is 8.24. The average molecular weight is 296 g/mol. The zero-order chi connectivity index (χ0) is 12.6. The van der Waals surface area contributed by atoms with Gasteiger partial charge in [-0.05, 0) is 36.1 Å². The third-order valence-corrected chi connectivity index (χ3v) is 3.87. The number of hydrogen-bond donors (Lipinski definition) is 1. The Balaban J connectivity index is 2.49. The predicted molar refractivity (Wildman–Crippen MR) is 76.8 cm³/mol. The van der Waals surface area contributed by atoms with E-state index in [0.717, 1.165) is 13.1 Å². The van der Waals surface area contributed by atoms with Gasteiger partial charge in [-0.25, -0.2) is 0 Å². The molecular formula is C13H18BrN3. The quantitative estimate of drug-likeness (QED) is 0.911. The molecule has 0 fully saturated rings. The fourth-order valence-electron chi connectivity index (χ4n) is 2.39. The van der Waals surface area contributed by atoms with E-state index in [2.05, 4.69) is 58.7 Å². The number of nitrogens with two attached hydrogens (primary N) is 1. The second-order valence-corrected chi connectivity index (χ2v) is 5.51. The van der Waals surface area contributed by atoms with Crippen molar-refractivity contribution in [1.82, 2.24) is 0 Å². The van der Waals surface area contributed by atoms with Crippen molar-refractivity contribution in [2.75, 3.05) is 18.0 Å². The molecule has 1 aromatic carbocycles. The van der Waals surface area contributed by atoms with Crippen molar-refractivity contribution in [3.05, 3.63) is 27.7 Å². The molecule has 0 unspecified atom stereocenters. The van der Waals surface area contributed by atoms with E-state index in [1.54, 1.807) is 0 Å². The van der Waals surface area contributed by atoms with Gasteiger partial charge in [0.2, 0.25) is 0 Å². The second kappa shape index (κ2) is 4.69. The summed E-state index contributed by atoms with van der Waals surface area (Å²) in [4.78, 5) is 6.33. The third-order valence-electron chi connectivity index (χ3n) is 3.18. The standard InChI is InChI=1S/C13H18BrN3/c1-8(2)12-9(3)11(5-4-10(12)14)17-7-6-16-13(17)15/h4-5,8H,6-7H2,1-3H3,(H2,15,16). The maximum absolute atomic E-state index is 5.91. The van der Waals surface area contributed by atoms with Crippen LogP contribution >= 0.6 is 15.9 Å². The lowest BCUT2D eigenvalue weighted by molar-refractivity contribution is 0.848. The molecule has 4 heteroatoms. The van der Waals surface area contributed by atoms with Gasteiger partial charge in [0.15, 0.2) is 5.96 Å². The molecule has 0 saturated heterocycles. The molecule has 92 valence electrons. The maximum Gasteiger partial charge on any atom is 0.195 e. The zero-order valence-electron chi connectivity index (χ0n) is 10.5. The molecule has 1 aliphatic heterocycles. The molecule has 1 heterocycles. The molecule has 0 aliphatic carbocycles. The van der Waals surface area contributed by atoms with E-state index in [-0.39, 0.29) is 0 Å². The second-order valence-electron chi connectivity index (χ2n) is 4.65. The van der Waals surface area contributed by atoms with Crippen molar-refractivity contribution >= 4 is 27.6 Å². The molecule has 0 atom stereocenters. The minimum Gasteiger partial charge on any atom is -0.370 e. The summed E-state index contributed by atoms with van der Waals surface area (Å²) >= 11 is 3.63. The van der Waals surface area contributed by atoms with Crippen LogP contribution in [0.3, 0.4) is 0 Å². The van der Waals surface area contributed by atoms with Crippen molar-refractivity contribution < 1.29 is 0 Å². The summed E-state index contributed by atoms with van der Waals surface area (Å²) < 4.78 is 1.17. The molecule has 0 spiro atoms. The first-order chi connectivity index (χ1) is 8.02. The number of aliphatic imine (C=N–C) groups is 1. The van der Waals surface area contributed by atoms with Gasteiger partial charge in [-0.2, -0.15) is 0 Å². The van der Waals surface area contributed by atoms with Crippen LogP contribution in [0.2, 0.25) is 0 Å². The highest BCUT2D eigenvalue weighted by Gasteiger charge is 2.20. The number of guanidine groups is 1. The Bertz CT molecular complexity index is 466. The molecule has 2 rings (SSSR count). The van der Waals surface area contributed by atoms with Crippen LogP contribution in [0.25, 0.3) is 0 Å². The first-order valence-electron chi connectivity index (χ1n) is 5.88. The van der Waals surface area contributed by atoms with Gasteiger partial charge in [0.1, 0.15) is 0 Å². The molecule has 0 radical (unpaired) electrons. The van der Waals surface area contributed by atoms with Gasteiger partial charge in [-0.3, -0.25) is 4.99 Å². The maximum atomic E-state index is 5.91.